The monoisotopic (exact) mass is 493 g/mol. The van der Waals surface area contributed by atoms with Gasteiger partial charge in [0.15, 0.2) is 5.91 Å². The minimum atomic E-state index is -2.38. The van der Waals surface area contributed by atoms with Crippen LogP contribution in [0.3, 0.4) is 0 Å². The molecule has 0 saturated carbocycles. The Morgan fingerprint density at radius 2 is 1.91 bits per heavy atom. The first-order valence-corrected chi connectivity index (χ1v) is 6.56. The number of nitrogens with two attached hydrogens (primary N) is 2. The van der Waals surface area contributed by atoms with Crippen molar-refractivity contribution in [3.63, 3.8) is 0 Å². The number of pyridine rings is 1. The van der Waals surface area contributed by atoms with E-state index in [9.17, 15) is 13.6 Å². The van der Waals surface area contributed by atoms with Gasteiger partial charge in [-0.2, -0.15) is 0 Å². The Hall–Kier alpha value is -1.73. The normalized spacial score (nSPS) is 15.9. The number of nitrogen functional groups attached to an aromatic ring is 1. The van der Waals surface area contributed by atoms with Gasteiger partial charge in [-0.05, 0) is 11.1 Å². The third-order valence-electron chi connectivity index (χ3n) is 3.09. The average Bonchev–Trinajstić information content (AvgIpc) is 2.47. The zero-order valence-corrected chi connectivity index (χ0v) is 15.0. The van der Waals surface area contributed by atoms with E-state index >= 15 is 0 Å². The van der Waals surface area contributed by atoms with Crippen molar-refractivity contribution in [2.45, 2.75) is 18.8 Å². The smallest absolute Gasteiger partial charge is 0.250 e. The number of carbonyl (C=O) groups is 1. The summed E-state index contributed by atoms with van der Waals surface area (Å²) in [5, 5.41) is 2.86. The number of carbonyl (C=O) groups excluding carboxylic acids is 1. The maximum absolute atomic E-state index is 12.2. The molecule has 3 heterocycles. The summed E-state index contributed by atoms with van der Waals surface area (Å²) in [6.45, 7) is 0.931. The fourth-order valence-electron chi connectivity index (χ4n) is 1.91. The van der Waals surface area contributed by atoms with E-state index in [-0.39, 0.29) is 45.3 Å². The standard InChI is InChI=1S/C8H6N5O.C5H9F2N.W/c9-7-6-5(12-3-13-7)4(8(10)14)1-2-11-6;6-5(7)1-3-8-4-2-5;/h1,3H,(H2,10,14)(H2,9,12,13);8H,1-4H2;/q-1;;. The number of primary amides is 1. The van der Waals surface area contributed by atoms with Crippen LogP contribution >= 0.6 is 0 Å². The molecule has 1 fully saturated rings. The van der Waals surface area contributed by atoms with Gasteiger partial charge in [0.05, 0.1) is 5.82 Å². The van der Waals surface area contributed by atoms with Gasteiger partial charge in [0.1, 0.15) is 6.33 Å². The second-order valence-corrected chi connectivity index (χ2v) is 4.73. The van der Waals surface area contributed by atoms with Crippen LogP contribution in [0.25, 0.3) is 11.0 Å². The third kappa shape index (κ3) is 5.14. The molecule has 0 aliphatic carbocycles. The molecule has 1 aliphatic rings. The van der Waals surface area contributed by atoms with Crippen molar-refractivity contribution >= 4 is 22.8 Å². The Morgan fingerprint density at radius 1 is 1.26 bits per heavy atom. The molecule has 23 heavy (non-hydrogen) atoms. The Bertz CT molecular complexity index is 677. The number of alkyl halides is 2. The summed E-state index contributed by atoms with van der Waals surface area (Å²) in [4.78, 5) is 22.5. The summed E-state index contributed by atoms with van der Waals surface area (Å²) >= 11 is 0. The van der Waals surface area contributed by atoms with Crippen LogP contribution in [0.15, 0.2) is 12.4 Å². The molecule has 1 aliphatic heterocycles. The van der Waals surface area contributed by atoms with Gasteiger partial charge in [0.2, 0.25) is 0 Å². The first kappa shape index (κ1) is 19.3. The van der Waals surface area contributed by atoms with Crippen molar-refractivity contribution in [1.29, 1.82) is 0 Å². The van der Waals surface area contributed by atoms with Crippen LogP contribution in [0.1, 0.15) is 23.2 Å². The molecule has 10 heteroatoms. The van der Waals surface area contributed by atoms with E-state index in [0.717, 1.165) is 0 Å². The van der Waals surface area contributed by atoms with Crippen LogP contribution in [0.2, 0.25) is 0 Å². The summed E-state index contributed by atoms with van der Waals surface area (Å²) < 4.78 is 24.3. The molecule has 0 aromatic carbocycles. The van der Waals surface area contributed by atoms with E-state index in [4.69, 9.17) is 11.5 Å². The molecule has 5 N–H and O–H groups in total. The summed E-state index contributed by atoms with van der Waals surface area (Å²) in [6, 6.07) is 1.37. The maximum Gasteiger partial charge on any atom is 0.250 e. The molecule has 0 radical (unpaired) electrons. The number of hydrogen-bond acceptors (Lipinski definition) is 6. The minimum absolute atomic E-state index is 0. The summed E-state index contributed by atoms with van der Waals surface area (Å²) in [5.41, 5.74) is 11.6. The first-order chi connectivity index (χ1) is 10.4. The number of amides is 1. The molecule has 1 saturated heterocycles. The van der Waals surface area contributed by atoms with Crippen LogP contribution in [0.5, 0.6) is 0 Å². The fraction of sp³-hybridized carbons (Fsp3) is 0.385. The second-order valence-electron chi connectivity index (χ2n) is 4.73. The van der Waals surface area contributed by atoms with Gasteiger partial charge >= 0.3 is 0 Å². The fourth-order valence-corrected chi connectivity index (χ4v) is 1.91. The van der Waals surface area contributed by atoms with Crippen LogP contribution in [-0.4, -0.2) is 39.9 Å². The van der Waals surface area contributed by atoms with Crippen molar-refractivity contribution in [3.8, 4) is 0 Å². The minimum Gasteiger partial charge on any atom is -0.392 e. The van der Waals surface area contributed by atoms with E-state index in [1.54, 1.807) is 0 Å². The maximum atomic E-state index is 12.2. The molecule has 0 bridgehead atoms. The molecule has 2 aromatic heterocycles. The van der Waals surface area contributed by atoms with Gasteiger partial charge in [0.25, 0.3) is 5.92 Å². The molecule has 2 aromatic rings. The van der Waals surface area contributed by atoms with Crippen LogP contribution < -0.4 is 16.8 Å². The zero-order valence-electron chi connectivity index (χ0n) is 12.1. The molecule has 0 unspecified atom stereocenters. The molecule has 1 amide bonds. The van der Waals surface area contributed by atoms with Gasteiger partial charge in [-0.1, -0.05) is 6.20 Å². The van der Waals surface area contributed by atoms with E-state index < -0.39 is 11.8 Å². The number of aromatic nitrogens is 3. The van der Waals surface area contributed by atoms with Crippen molar-refractivity contribution in [2.24, 2.45) is 5.73 Å². The van der Waals surface area contributed by atoms with Crippen LogP contribution in [0, 0.1) is 6.20 Å². The molecule has 0 atom stereocenters. The molecule has 3 rings (SSSR count). The van der Waals surface area contributed by atoms with Crippen molar-refractivity contribution < 1.29 is 34.6 Å². The number of rotatable bonds is 1. The zero-order chi connectivity index (χ0) is 16.2. The van der Waals surface area contributed by atoms with E-state index in [2.05, 4.69) is 26.5 Å². The topological polar surface area (TPSA) is 120 Å². The van der Waals surface area contributed by atoms with Crippen molar-refractivity contribution in [3.05, 3.63) is 24.2 Å². The Kier molecular flexibility index (Phi) is 6.90. The average molecular weight is 493 g/mol. The predicted octanol–water partition coefficient (Wildman–Crippen LogP) is 0.509. The SMILES string of the molecule is FC1(F)CCNCC1.NC(=O)c1c[c-]nc2c(N)ncnc12.[W]. The second kappa shape index (κ2) is 8.21. The van der Waals surface area contributed by atoms with Gasteiger partial charge in [-0.15, -0.1) is 6.07 Å². The van der Waals surface area contributed by atoms with Gasteiger partial charge in [-0.25, -0.2) is 13.8 Å². The Labute approximate surface area is 145 Å². The summed E-state index contributed by atoms with van der Waals surface area (Å²) in [7, 11) is 0. The summed E-state index contributed by atoms with van der Waals surface area (Å²) in [5.74, 6) is -2.77. The number of nitrogens with one attached hydrogen (secondary N) is 1. The van der Waals surface area contributed by atoms with Crippen LogP contribution in [0.4, 0.5) is 14.6 Å². The van der Waals surface area contributed by atoms with E-state index in [1.807, 2.05) is 0 Å². The Morgan fingerprint density at radius 3 is 2.43 bits per heavy atom. The van der Waals surface area contributed by atoms with Gasteiger partial charge < -0.3 is 21.8 Å². The first-order valence-electron chi connectivity index (χ1n) is 6.56. The number of piperidine rings is 1. The van der Waals surface area contributed by atoms with E-state index in [0.29, 0.717) is 24.1 Å². The molecule has 124 valence electrons. The number of nitrogens with zero attached hydrogens (tertiary/aromatic N) is 3. The van der Waals surface area contributed by atoms with Crippen LogP contribution in [-0.2, 0) is 21.1 Å². The molecular weight excluding hydrogens is 478 g/mol. The predicted molar refractivity (Wildman–Crippen MR) is 76.2 cm³/mol. The number of hydrogen-bond donors (Lipinski definition) is 3. The number of fused-ring (bicyclic) bond motifs is 1. The largest absolute Gasteiger partial charge is 0.392 e. The summed E-state index contributed by atoms with van der Waals surface area (Å²) in [6.07, 6.45) is 3.78. The Balaban J connectivity index is 0.000000253. The third-order valence-corrected chi connectivity index (χ3v) is 3.09. The van der Waals surface area contributed by atoms with Gasteiger partial charge in [-0.3, -0.25) is 9.78 Å². The van der Waals surface area contributed by atoms with Gasteiger partial charge in [0, 0.05) is 52.5 Å². The number of anilines is 1. The molecule has 0 spiro atoms. The quantitative estimate of drug-likeness (QED) is 0.499. The number of halogens is 2. The van der Waals surface area contributed by atoms with Crippen molar-refractivity contribution in [1.82, 2.24) is 20.3 Å². The van der Waals surface area contributed by atoms with E-state index in [1.165, 1.54) is 12.4 Å². The molecular formula is C13H15F2N6OW-. The molecule has 7 nitrogen and oxygen atoms in total. The van der Waals surface area contributed by atoms with Crippen molar-refractivity contribution in [2.75, 3.05) is 18.8 Å².